The van der Waals surface area contributed by atoms with Crippen LogP contribution in [0.1, 0.15) is 31.4 Å². The predicted molar refractivity (Wildman–Crippen MR) is 128 cm³/mol. The predicted octanol–water partition coefficient (Wildman–Crippen LogP) is 6.65. The number of anilines is 1. The molecule has 0 heterocycles. The Hall–Kier alpha value is -3.32. The van der Waals surface area contributed by atoms with Crippen molar-refractivity contribution in [3.05, 3.63) is 82.9 Å². The lowest BCUT2D eigenvalue weighted by Crippen LogP contribution is -2.22. The second-order valence-electron chi connectivity index (χ2n) is 7.47. The SMILES string of the molecule is C[C@H](CC/C=C/C(=O)O)[C@H](OC(=O)Nc1ccc(Br)cc1)c1ccc(O)c2ccccc12. The Morgan fingerprint density at radius 2 is 1.75 bits per heavy atom. The van der Waals surface area contributed by atoms with E-state index in [-0.39, 0.29) is 11.7 Å². The van der Waals surface area contributed by atoms with Gasteiger partial charge in [0.15, 0.2) is 0 Å². The van der Waals surface area contributed by atoms with Crippen LogP contribution in [-0.4, -0.2) is 22.3 Å². The van der Waals surface area contributed by atoms with Gasteiger partial charge in [-0.25, -0.2) is 9.59 Å². The average Bonchev–Trinajstić information content (AvgIpc) is 2.77. The Morgan fingerprint density at radius 1 is 1.06 bits per heavy atom. The fourth-order valence-electron chi connectivity index (χ4n) is 3.53. The molecule has 3 N–H and O–H groups in total. The molecular formula is C25H24BrNO5. The van der Waals surface area contributed by atoms with E-state index in [0.717, 1.165) is 21.5 Å². The van der Waals surface area contributed by atoms with E-state index in [4.69, 9.17) is 9.84 Å². The highest BCUT2D eigenvalue weighted by Gasteiger charge is 2.26. The summed E-state index contributed by atoms with van der Waals surface area (Å²) in [4.78, 5) is 23.4. The fraction of sp³-hybridized carbons (Fsp3) is 0.200. The molecule has 166 valence electrons. The van der Waals surface area contributed by atoms with E-state index in [0.29, 0.717) is 23.9 Å². The van der Waals surface area contributed by atoms with Crippen molar-refractivity contribution in [1.82, 2.24) is 0 Å². The van der Waals surface area contributed by atoms with E-state index < -0.39 is 18.2 Å². The molecule has 32 heavy (non-hydrogen) atoms. The standard InChI is InChI=1S/C25H24BrNO5/c1-16(6-2-5-9-23(29)30)24(32-25(31)27-18-12-10-17(26)11-13-18)21-14-15-22(28)20-8-4-3-7-19(20)21/h3-5,7-16,24,28H,2,6H2,1H3,(H,27,31)(H,29,30)/b9-5+/t16-,24+/m1/s1. The molecule has 0 fully saturated rings. The lowest BCUT2D eigenvalue weighted by Gasteiger charge is -2.26. The summed E-state index contributed by atoms with van der Waals surface area (Å²) in [5.41, 5.74) is 1.38. The smallest absolute Gasteiger partial charge is 0.412 e. The first-order valence-electron chi connectivity index (χ1n) is 10.2. The Labute approximate surface area is 194 Å². The lowest BCUT2D eigenvalue weighted by molar-refractivity contribution is -0.131. The molecule has 3 aromatic carbocycles. The van der Waals surface area contributed by atoms with E-state index in [9.17, 15) is 14.7 Å². The molecule has 0 aliphatic heterocycles. The monoisotopic (exact) mass is 497 g/mol. The molecule has 0 saturated heterocycles. The third kappa shape index (κ3) is 6.11. The van der Waals surface area contributed by atoms with Crippen LogP contribution in [0.25, 0.3) is 10.8 Å². The van der Waals surface area contributed by atoms with Crippen LogP contribution >= 0.6 is 15.9 Å². The van der Waals surface area contributed by atoms with Crippen LogP contribution in [0, 0.1) is 5.92 Å². The number of carboxylic acids is 1. The van der Waals surface area contributed by atoms with E-state index in [1.54, 1.807) is 30.3 Å². The van der Waals surface area contributed by atoms with Gasteiger partial charge in [-0.15, -0.1) is 0 Å². The van der Waals surface area contributed by atoms with Crippen molar-refractivity contribution in [2.24, 2.45) is 5.92 Å². The minimum Gasteiger partial charge on any atom is -0.507 e. The molecule has 0 bridgehead atoms. The van der Waals surface area contributed by atoms with Gasteiger partial charge in [0.25, 0.3) is 0 Å². The first-order valence-corrected chi connectivity index (χ1v) is 11.0. The molecule has 3 rings (SSSR count). The number of benzene rings is 3. The van der Waals surface area contributed by atoms with Crippen molar-refractivity contribution < 1.29 is 24.5 Å². The van der Waals surface area contributed by atoms with Gasteiger partial charge in [-0.05, 0) is 54.5 Å². The molecule has 2 atom stereocenters. The molecule has 6 nitrogen and oxygen atoms in total. The van der Waals surface area contributed by atoms with Crippen molar-refractivity contribution in [3.8, 4) is 5.75 Å². The maximum atomic E-state index is 12.7. The van der Waals surface area contributed by atoms with Gasteiger partial charge in [0.1, 0.15) is 11.9 Å². The summed E-state index contributed by atoms with van der Waals surface area (Å²) >= 11 is 3.36. The van der Waals surface area contributed by atoms with E-state index in [2.05, 4.69) is 21.2 Å². The van der Waals surface area contributed by atoms with E-state index >= 15 is 0 Å². The number of ether oxygens (including phenoxy) is 1. The molecular weight excluding hydrogens is 474 g/mol. The highest BCUT2D eigenvalue weighted by molar-refractivity contribution is 9.10. The van der Waals surface area contributed by atoms with Crippen molar-refractivity contribution in [3.63, 3.8) is 0 Å². The quantitative estimate of drug-likeness (QED) is 0.302. The number of phenols is 1. The molecule has 0 aliphatic carbocycles. The number of allylic oxidation sites excluding steroid dienone is 1. The van der Waals surface area contributed by atoms with Gasteiger partial charge >= 0.3 is 12.1 Å². The largest absolute Gasteiger partial charge is 0.507 e. The van der Waals surface area contributed by atoms with Gasteiger partial charge in [0.05, 0.1) is 0 Å². The number of hydrogen-bond donors (Lipinski definition) is 3. The number of fused-ring (bicyclic) bond motifs is 1. The van der Waals surface area contributed by atoms with Crippen LogP contribution in [0.5, 0.6) is 5.75 Å². The normalized spacial score (nSPS) is 13.1. The number of amides is 1. The number of nitrogens with one attached hydrogen (secondary N) is 1. The zero-order valence-electron chi connectivity index (χ0n) is 17.5. The minimum atomic E-state index is -0.996. The van der Waals surface area contributed by atoms with Crippen molar-refractivity contribution >= 4 is 44.5 Å². The molecule has 0 saturated carbocycles. The first-order chi connectivity index (χ1) is 15.3. The van der Waals surface area contributed by atoms with Crippen LogP contribution < -0.4 is 5.32 Å². The van der Waals surface area contributed by atoms with Crippen molar-refractivity contribution in [2.75, 3.05) is 5.32 Å². The van der Waals surface area contributed by atoms with Gasteiger partial charge in [0, 0.05) is 27.2 Å². The topological polar surface area (TPSA) is 95.9 Å². The maximum absolute atomic E-state index is 12.7. The summed E-state index contributed by atoms with van der Waals surface area (Å²) in [6, 6.07) is 17.9. The number of carbonyl (C=O) groups excluding carboxylic acids is 1. The van der Waals surface area contributed by atoms with Crippen LogP contribution in [0.15, 0.2) is 77.3 Å². The van der Waals surface area contributed by atoms with Crippen molar-refractivity contribution in [2.45, 2.75) is 25.9 Å². The molecule has 0 unspecified atom stereocenters. The van der Waals surface area contributed by atoms with Crippen molar-refractivity contribution in [1.29, 1.82) is 0 Å². The summed E-state index contributed by atoms with van der Waals surface area (Å²) < 4.78 is 6.77. The van der Waals surface area contributed by atoms with E-state index in [1.807, 2.05) is 43.3 Å². The third-order valence-electron chi connectivity index (χ3n) is 5.13. The maximum Gasteiger partial charge on any atom is 0.412 e. The average molecular weight is 498 g/mol. The summed E-state index contributed by atoms with van der Waals surface area (Å²) in [7, 11) is 0. The van der Waals surface area contributed by atoms with Gasteiger partial charge < -0.3 is 14.9 Å². The molecule has 1 amide bonds. The Kier molecular flexibility index (Phi) is 7.89. The fourth-order valence-corrected chi connectivity index (χ4v) is 3.80. The zero-order valence-corrected chi connectivity index (χ0v) is 19.1. The number of halogens is 1. The molecule has 7 heteroatoms. The minimum absolute atomic E-state index is 0.114. The van der Waals surface area contributed by atoms with Gasteiger partial charge in [-0.1, -0.05) is 59.3 Å². The van der Waals surface area contributed by atoms with Gasteiger partial charge in [-0.2, -0.15) is 0 Å². The van der Waals surface area contributed by atoms with Gasteiger partial charge in [-0.3, -0.25) is 5.32 Å². The lowest BCUT2D eigenvalue weighted by atomic mass is 9.89. The number of carbonyl (C=O) groups is 2. The summed E-state index contributed by atoms with van der Waals surface area (Å²) in [5, 5.41) is 23.3. The number of aliphatic carboxylic acids is 1. The van der Waals surface area contributed by atoms with Crippen LogP contribution in [0.2, 0.25) is 0 Å². The zero-order chi connectivity index (χ0) is 23.1. The third-order valence-corrected chi connectivity index (χ3v) is 5.66. The number of phenolic OH excluding ortho intramolecular Hbond substituents is 1. The highest BCUT2D eigenvalue weighted by Crippen LogP contribution is 2.37. The highest BCUT2D eigenvalue weighted by atomic mass is 79.9. The van der Waals surface area contributed by atoms with Crippen LogP contribution in [0.4, 0.5) is 10.5 Å². The number of hydrogen-bond acceptors (Lipinski definition) is 4. The van der Waals surface area contributed by atoms with E-state index in [1.165, 1.54) is 0 Å². The Balaban J connectivity index is 1.87. The Bertz CT molecular complexity index is 1130. The molecule has 0 radical (unpaired) electrons. The van der Waals surface area contributed by atoms with Crippen LogP contribution in [0.3, 0.4) is 0 Å². The van der Waals surface area contributed by atoms with Crippen LogP contribution in [-0.2, 0) is 9.53 Å². The second kappa shape index (κ2) is 10.8. The summed E-state index contributed by atoms with van der Waals surface area (Å²) in [6.45, 7) is 1.95. The number of rotatable bonds is 8. The van der Waals surface area contributed by atoms with Gasteiger partial charge in [0.2, 0.25) is 0 Å². The summed E-state index contributed by atoms with van der Waals surface area (Å²) in [5.74, 6) is -0.958. The number of aromatic hydroxyl groups is 1. The summed E-state index contributed by atoms with van der Waals surface area (Å²) in [6.07, 6.45) is 2.63. The first kappa shape index (κ1) is 23.3. The molecule has 3 aromatic rings. The molecule has 0 aliphatic rings. The number of carboxylic acid groups (broad SMARTS) is 1. The molecule has 0 aromatic heterocycles. The molecule has 0 spiro atoms. The Morgan fingerprint density at radius 3 is 2.44 bits per heavy atom. The second-order valence-corrected chi connectivity index (χ2v) is 8.39.